The normalized spacial score (nSPS) is 9.83. The van der Waals surface area contributed by atoms with Crippen LogP contribution in [-0.4, -0.2) is 22.9 Å². The molecule has 0 fully saturated rings. The van der Waals surface area contributed by atoms with Crippen LogP contribution >= 0.6 is 0 Å². The fraction of sp³-hybridized carbons (Fsp3) is 0.429. The Kier molecular flexibility index (Phi) is 2.82. The Bertz CT molecular complexity index is 269. The zero-order chi connectivity index (χ0) is 8.97. The quantitative estimate of drug-likeness (QED) is 0.620. The molecule has 5 heteroatoms. The van der Waals surface area contributed by atoms with E-state index < -0.39 is 0 Å². The number of ether oxygens (including phenoxy) is 1. The number of aromatic nitrogens is 2. The summed E-state index contributed by atoms with van der Waals surface area (Å²) in [7, 11) is 1.34. The van der Waals surface area contributed by atoms with Gasteiger partial charge >= 0.3 is 5.97 Å². The molecular weight excluding hydrogens is 158 g/mol. The monoisotopic (exact) mass is 169 g/mol. The lowest BCUT2D eigenvalue weighted by molar-refractivity contribution is -0.141. The average molecular weight is 169 g/mol. The summed E-state index contributed by atoms with van der Waals surface area (Å²) in [4.78, 5) is 10.8. The summed E-state index contributed by atoms with van der Waals surface area (Å²) < 4.78 is 5.96. The van der Waals surface area contributed by atoms with Crippen LogP contribution in [0, 0.1) is 0 Å². The topological polar surface area (TPSA) is 70.1 Å². The van der Waals surface area contributed by atoms with Gasteiger partial charge in [0.15, 0.2) is 0 Å². The lowest BCUT2D eigenvalue weighted by Crippen LogP contribution is -2.11. The number of hydrogen-bond acceptors (Lipinski definition) is 4. The molecule has 0 atom stereocenters. The molecule has 0 radical (unpaired) electrons. The molecule has 5 nitrogen and oxygen atoms in total. The van der Waals surface area contributed by atoms with Gasteiger partial charge in [0.1, 0.15) is 6.54 Å². The zero-order valence-electron chi connectivity index (χ0n) is 6.86. The number of carbonyl (C=O) groups is 1. The number of nitrogens with two attached hydrogens (primary N) is 1. The molecule has 0 bridgehead atoms. The summed E-state index contributed by atoms with van der Waals surface area (Å²) in [5, 5.41) is 3.91. The van der Waals surface area contributed by atoms with Crippen LogP contribution in [0.2, 0.25) is 0 Å². The first-order valence-electron chi connectivity index (χ1n) is 3.54. The van der Waals surface area contributed by atoms with Crippen molar-refractivity contribution >= 4 is 5.97 Å². The Hall–Kier alpha value is -1.36. The van der Waals surface area contributed by atoms with Crippen molar-refractivity contribution < 1.29 is 9.53 Å². The summed E-state index contributed by atoms with van der Waals surface area (Å²) in [6.45, 7) is 0.567. The highest BCUT2D eigenvalue weighted by atomic mass is 16.5. The van der Waals surface area contributed by atoms with Crippen molar-refractivity contribution in [2.24, 2.45) is 5.73 Å². The summed E-state index contributed by atoms with van der Waals surface area (Å²) in [5.41, 5.74) is 6.26. The molecule has 0 saturated heterocycles. The number of nitrogens with zero attached hydrogens (tertiary/aromatic N) is 2. The zero-order valence-corrected chi connectivity index (χ0v) is 6.86. The number of esters is 1. The maximum Gasteiger partial charge on any atom is 0.327 e. The third kappa shape index (κ3) is 2.06. The SMILES string of the molecule is COC(=O)Cn1cc(CN)cn1. The Morgan fingerprint density at radius 1 is 1.83 bits per heavy atom. The Labute approximate surface area is 70.1 Å². The number of hydrogen-bond donors (Lipinski definition) is 1. The van der Waals surface area contributed by atoms with Crippen LogP contribution in [0.4, 0.5) is 0 Å². The number of carbonyl (C=O) groups excluding carboxylic acids is 1. The van der Waals surface area contributed by atoms with Gasteiger partial charge < -0.3 is 10.5 Å². The van der Waals surface area contributed by atoms with E-state index in [-0.39, 0.29) is 12.5 Å². The van der Waals surface area contributed by atoms with Crippen molar-refractivity contribution in [3.63, 3.8) is 0 Å². The van der Waals surface area contributed by atoms with Crippen LogP contribution in [-0.2, 0) is 22.6 Å². The Morgan fingerprint density at radius 3 is 3.08 bits per heavy atom. The molecule has 0 spiro atoms. The van der Waals surface area contributed by atoms with Crippen LogP contribution in [0.1, 0.15) is 5.56 Å². The van der Waals surface area contributed by atoms with E-state index in [1.807, 2.05) is 0 Å². The minimum atomic E-state index is -0.318. The van der Waals surface area contributed by atoms with E-state index in [1.54, 1.807) is 12.4 Å². The first-order valence-corrected chi connectivity index (χ1v) is 3.54. The predicted molar refractivity (Wildman–Crippen MR) is 42.1 cm³/mol. The number of methoxy groups -OCH3 is 1. The van der Waals surface area contributed by atoms with Crippen LogP contribution < -0.4 is 5.73 Å². The van der Waals surface area contributed by atoms with Crippen molar-refractivity contribution in [2.45, 2.75) is 13.1 Å². The Morgan fingerprint density at radius 2 is 2.58 bits per heavy atom. The first kappa shape index (κ1) is 8.73. The van der Waals surface area contributed by atoms with Gasteiger partial charge in [0.25, 0.3) is 0 Å². The number of rotatable bonds is 3. The fourth-order valence-electron chi connectivity index (χ4n) is 0.795. The van der Waals surface area contributed by atoms with Crippen molar-refractivity contribution in [3.8, 4) is 0 Å². The van der Waals surface area contributed by atoms with E-state index in [4.69, 9.17) is 5.73 Å². The highest BCUT2D eigenvalue weighted by molar-refractivity contribution is 5.68. The van der Waals surface area contributed by atoms with Gasteiger partial charge in [-0.15, -0.1) is 0 Å². The van der Waals surface area contributed by atoms with Gasteiger partial charge in [-0.3, -0.25) is 9.48 Å². The largest absolute Gasteiger partial charge is 0.468 e. The summed E-state index contributed by atoms with van der Waals surface area (Å²) >= 11 is 0. The molecule has 66 valence electrons. The molecule has 1 aromatic heterocycles. The van der Waals surface area contributed by atoms with E-state index in [0.29, 0.717) is 6.54 Å². The van der Waals surface area contributed by atoms with Gasteiger partial charge in [0.2, 0.25) is 0 Å². The molecule has 0 aliphatic carbocycles. The first-order chi connectivity index (χ1) is 5.76. The van der Waals surface area contributed by atoms with E-state index in [2.05, 4.69) is 9.84 Å². The summed E-state index contributed by atoms with van der Waals surface area (Å²) in [6.07, 6.45) is 3.35. The molecule has 1 aromatic rings. The molecular formula is C7H11N3O2. The molecule has 1 rings (SSSR count). The Balaban J connectivity index is 2.58. The second-order valence-electron chi connectivity index (χ2n) is 2.33. The van der Waals surface area contributed by atoms with Gasteiger partial charge in [-0.05, 0) is 0 Å². The second-order valence-corrected chi connectivity index (χ2v) is 2.33. The van der Waals surface area contributed by atoms with Crippen LogP contribution in [0.5, 0.6) is 0 Å². The van der Waals surface area contributed by atoms with Crippen molar-refractivity contribution in [1.29, 1.82) is 0 Å². The van der Waals surface area contributed by atoms with E-state index in [9.17, 15) is 4.79 Å². The minimum Gasteiger partial charge on any atom is -0.468 e. The van der Waals surface area contributed by atoms with Crippen LogP contribution in [0.3, 0.4) is 0 Å². The molecule has 12 heavy (non-hydrogen) atoms. The van der Waals surface area contributed by atoms with E-state index >= 15 is 0 Å². The molecule has 2 N–H and O–H groups in total. The van der Waals surface area contributed by atoms with Gasteiger partial charge in [-0.25, -0.2) is 0 Å². The van der Waals surface area contributed by atoms with Crippen LogP contribution in [0.25, 0.3) is 0 Å². The van der Waals surface area contributed by atoms with Crippen molar-refractivity contribution in [3.05, 3.63) is 18.0 Å². The van der Waals surface area contributed by atoms with Gasteiger partial charge in [0.05, 0.1) is 13.3 Å². The lowest BCUT2D eigenvalue weighted by atomic mass is 10.4. The highest BCUT2D eigenvalue weighted by Gasteiger charge is 2.02. The van der Waals surface area contributed by atoms with Gasteiger partial charge in [-0.2, -0.15) is 5.10 Å². The van der Waals surface area contributed by atoms with Crippen molar-refractivity contribution in [2.75, 3.05) is 7.11 Å². The summed E-state index contributed by atoms with van der Waals surface area (Å²) in [6, 6.07) is 0. The fourth-order valence-corrected chi connectivity index (χ4v) is 0.795. The second kappa shape index (κ2) is 3.87. The maximum absolute atomic E-state index is 10.8. The molecule has 0 unspecified atom stereocenters. The van der Waals surface area contributed by atoms with Crippen molar-refractivity contribution in [1.82, 2.24) is 9.78 Å². The average Bonchev–Trinajstić information content (AvgIpc) is 2.52. The third-order valence-corrected chi connectivity index (χ3v) is 1.44. The third-order valence-electron chi connectivity index (χ3n) is 1.44. The van der Waals surface area contributed by atoms with E-state index in [1.165, 1.54) is 11.8 Å². The lowest BCUT2D eigenvalue weighted by Gasteiger charge is -1.97. The molecule has 0 aliphatic heterocycles. The molecule has 0 amide bonds. The molecule has 0 aliphatic rings. The predicted octanol–water partition coefficient (Wildman–Crippen LogP) is -0.485. The summed E-state index contributed by atoms with van der Waals surface area (Å²) in [5.74, 6) is -0.318. The highest BCUT2D eigenvalue weighted by Crippen LogP contribution is 1.95. The van der Waals surface area contributed by atoms with Gasteiger partial charge in [0, 0.05) is 18.3 Å². The molecule has 0 saturated carbocycles. The van der Waals surface area contributed by atoms with E-state index in [0.717, 1.165) is 5.56 Å². The molecule has 1 heterocycles. The smallest absolute Gasteiger partial charge is 0.327 e. The van der Waals surface area contributed by atoms with Crippen LogP contribution in [0.15, 0.2) is 12.4 Å². The standard InChI is InChI=1S/C7H11N3O2/c1-12-7(11)5-10-4-6(2-8)3-9-10/h3-4H,2,5,8H2,1H3. The molecule has 0 aromatic carbocycles. The maximum atomic E-state index is 10.8. The van der Waals surface area contributed by atoms with Gasteiger partial charge in [-0.1, -0.05) is 0 Å². The minimum absolute atomic E-state index is 0.135.